The Bertz CT molecular complexity index is 1090. The number of anilines is 1. The predicted octanol–water partition coefficient (Wildman–Crippen LogP) is 3.43. The van der Waals surface area contributed by atoms with Crippen molar-refractivity contribution in [3.05, 3.63) is 60.3 Å². The Kier molecular flexibility index (Phi) is 6.31. The van der Waals surface area contributed by atoms with E-state index in [9.17, 15) is 13.2 Å². The number of rotatable bonds is 7. The Balaban J connectivity index is 1.69. The van der Waals surface area contributed by atoms with E-state index < -0.39 is 22.0 Å². The topological polar surface area (TPSA) is 97.4 Å². The van der Waals surface area contributed by atoms with Crippen molar-refractivity contribution < 1.29 is 17.9 Å². The maximum absolute atomic E-state index is 12.5. The molecule has 1 amide bonds. The molecule has 0 radical (unpaired) electrons. The molecule has 2 N–H and O–H groups in total. The lowest BCUT2D eigenvalue weighted by atomic mass is 10.2. The van der Waals surface area contributed by atoms with Crippen LogP contribution in [0.15, 0.2) is 59.5 Å². The number of carbonyl (C=O) groups excluding carboxylic acids is 1. The molecule has 0 aliphatic rings. The number of sulfonamides is 1. The largest absolute Gasteiger partial charge is 0.497 e. The molecule has 0 aliphatic heterocycles. The molecule has 0 saturated heterocycles. The number of nitrogens with one attached hydrogen (secondary N) is 2. The van der Waals surface area contributed by atoms with E-state index >= 15 is 0 Å². The average molecular weight is 432 g/mol. The van der Waals surface area contributed by atoms with Crippen molar-refractivity contribution in [3.63, 3.8) is 0 Å². The van der Waals surface area contributed by atoms with E-state index in [1.807, 2.05) is 37.3 Å². The first-order valence-electron chi connectivity index (χ1n) is 8.80. The highest BCUT2D eigenvalue weighted by atomic mass is 32.2. The second-order valence-corrected chi connectivity index (χ2v) is 9.02. The minimum Gasteiger partial charge on any atom is -0.497 e. The summed E-state index contributed by atoms with van der Waals surface area (Å²) in [6.07, 6.45) is 0. The number of hydrogen-bond acceptors (Lipinski definition) is 6. The third-order valence-electron chi connectivity index (χ3n) is 4.16. The van der Waals surface area contributed by atoms with Gasteiger partial charge in [0.2, 0.25) is 15.9 Å². The number of ether oxygens (including phenoxy) is 1. The van der Waals surface area contributed by atoms with E-state index in [1.165, 1.54) is 37.5 Å². The maximum Gasteiger partial charge on any atom is 0.244 e. The van der Waals surface area contributed by atoms with Gasteiger partial charge >= 0.3 is 0 Å². The van der Waals surface area contributed by atoms with Gasteiger partial charge in [-0.2, -0.15) is 4.72 Å². The molecule has 0 unspecified atom stereocenters. The van der Waals surface area contributed by atoms with Gasteiger partial charge in [0.25, 0.3) is 0 Å². The molecule has 0 spiro atoms. The molecule has 9 heteroatoms. The van der Waals surface area contributed by atoms with E-state index in [2.05, 4.69) is 15.0 Å². The number of aryl methyl sites for hydroxylation is 1. The van der Waals surface area contributed by atoms with Crippen LogP contribution in [0, 0.1) is 6.92 Å². The van der Waals surface area contributed by atoms with Crippen LogP contribution in [0.4, 0.5) is 5.13 Å². The SMILES string of the molecule is COc1ccc(S(=O)(=O)N[C@@H](C)C(=O)Nc2nc(C)c(-c3ccccc3)s2)cc1. The van der Waals surface area contributed by atoms with Gasteiger partial charge in [-0.25, -0.2) is 13.4 Å². The zero-order valence-corrected chi connectivity index (χ0v) is 17.8. The normalized spacial score (nSPS) is 12.4. The average Bonchev–Trinajstić information content (AvgIpc) is 3.08. The number of methoxy groups -OCH3 is 1. The van der Waals surface area contributed by atoms with Crippen LogP contribution in [0.5, 0.6) is 5.75 Å². The van der Waals surface area contributed by atoms with E-state index in [1.54, 1.807) is 12.1 Å². The van der Waals surface area contributed by atoms with Crippen LogP contribution in [0.3, 0.4) is 0 Å². The first-order valence-corrected chi connectivity index (χ1v) is 11.1. The van der Waals surface area contributed by atoms with Crippen LogP contribution >= 0.6 is 11.3 Å². The smallest absolute Gasteiger partial charge is 0.244 e. The summed E-state index contributed by atoms with van der Waals surface area (Å²) in [7, 11) is -2.35. The molecule has 1 atom stereocenters. The van der Waals surface area contributed by atoms with Gasteiger partial charge < -0.3 is 10.1 Å². The Hall–Kier alpha value is -2.75. The monoisotopic (exact) mass is 431 g/mol. The van der Waals surface area contributed by atoms with E-state index in [-0.39, 0.29) is 4.90 Å². The quantitative estimate of drug-likeness (QED) is 0.597. The lowest BCUT2D eigenvalue weighted by molar-refractivity contribution is -0.117. The van der Waals surface area contributed by atoms with Crippen molar-refractivity contribution >= 4 is 32.4 Å². The predicted molar refractivity (Wildman–Crippen MR) is 114 cm³/mol. The van der Waals surface area contributed by atoms with Gasteiger partial charge in [0.1, 0.15) is 5.75 Å². The summed E-state index contributed by atoms with van der Waals surface area (Å²) < 4.78 is 32.4. The number of benzene rings is 2. The molecule has 29 heavy (non-hydrogen) atoms. The molecule has 0 saturated carbocycles. The molecule has 3 rings (SSSR count). The van der Waals surface area contributed by atoms with Crippen molar-refractivity contribution in [3.8, 4) is 16.2 Å². The van der Waals surface area contributed by atoms with Crippen LogP contribution in [0.25, 0.3) is 10.4 Å². The van der Waals surface area contributed by atoms with E-state index in [0.29, 0.717) is 10.9 Å². The molecule has 2 aromatic carbocycles. The third-order valence-corrected chi connectivity index (χ3v) is 6.84. The number of hydrogen-bond donors (Lipinski definition) is 2. The summed E-state index contributed by atoms with van der Waals surface area (Å²) in [5.41, 5.74) is 1.80. The highest BCUT2D eigenvalue weighted by Crippen LogP contribution is 2.32. The summed E-state index contributed by atoms with van der Waals surface area (Å²) in [5.74, 6) is 0.0542. The molecule has 7 nitrogen and oxygen atoms in total. The summed E-state index contributed by atoms with van der Waals surface area (Å²) in [6, 6.07) is 14.7. The highest BCUT2D eigenvalue weighted by Gasteiger charge is 2.23. The molecule has 3 aromatic rings. The number of nitrogens with zero attached hydrogens (tertiary/aromatic N) is 1. The number of carbonyl (C=O) groups is 1. The van der Waals surface area contributed by atoms with Crippen molar-refractivity contribution in [1.82, 2.24) is 9.71 Å². The number of thiazole rings is 1. The summed E-state index contributed by atoms with van der Waals surface area (Å²) in [4.78, 5) is 17.9. The van der Waals surface area contributed by atoms with Crippen molar-refractivity contribution in [2.24, 2.45) is 0 Å². The third kappa shape index (κ3) is 5.00. The minimum atomic E-state index is -3.85. The summed E-state index contributed by atoms with van der Waals surface area (Å²) in [6.45, 7) is 3.35. The molecule has 0 aliphatic carbocycles. The molecule has 0 bridgehead atoms. The lowest BCUT2D eigenvalue weighted by Gasteiger charge is -2.13. The van der Waals surface area contributed by atoms with Gasteiger partial charge in [-0.05, 0) is 43.7 Å². The maximum atomic E-state index is 12.5. The minimum absolute atomic E-state index is 0.0504. The van der Waals surface area contributed by atoms with Gasteiger partial charge in [-0.3, -0.25) is 4.79 Å². The fourth-order valence-electron chi connectivity index (χ4n) is 2.63. The van der Waals surface area contributed by atoms with Gasteiger partial charge in [-0.1, -0.05) is 41.7 Å². The van der Waals surface area contributed by atoms with Crippen LogP contribution in [-0.2, 0) is 14.8 Å². The summed E-state index contributed by atoms with van der Waals surface area (Å²) >= 11 is 1.34. The zero-order chi connectivity index (χ0) is 21.0. The number of aromatic nitrogens is 1. The second kappa shape index (κ2) is 8.73. The lowest BCUT2D eigenvalue weighted by Crippen LogP contribution is -2.41. The Morgan fingerprint density at radius 2 is 1.76 bits per heavy atom. The van der Waals surface area contributed by atoms with Crippen LogP contribution < -0.4 is 14.8 Å². The molecule has 1 heterocycles. The standard InChI is InChI=1S/C20H21N3O4S2/c1-13-18(15-7-5-4-6-8-15)28-20(21-13)22-19(24)14(2)23-29(25,26)17-11-9-16(27-3)10-12-17/h4-12,14,23H,1-3H3,(H,21,22,24)/t14-/m0/s1. The molecular weight excluding hydrogens is 410 g/mol. The number of amides is 1. The van der Waals surface area contributed by atoms with Gasteiger partial charge in [0.05, 0.1) is 28.6 Å². The summed E-state index contributed by atoms with van der Waals surface area (Å²) in [5, 5.41) is 3.10. The fourth-order valence-corrected chi connectivity index (χ4v) is 4.81. The Labute approximate surface area is 173 Å². The first-order chi connectivity index (χ1) is 13.8. The Morgan fingerprint density at radius 3 is 2.38 bits per heavy atom. The van der Waals surface area contributed by atoms with E-state index in [0.717, 1.165) is 16.1 Å². The van der Waals surface area contributed by atoms with Gasteiger partial charge in [0.15, 0.2) is 5.13 Å². The molecule has 0 fully saturated rings. The van der Waals surface area contributed by atoms with Gasteiger partial charge in [0, 0.05) is 0 Å². The Morgan fingerprint density at radius 1 is 1.10 bits per heavy atom. The second-order valence-electron chi connectivity index (χ2n) is 6.31. The fraction of sp³-hybridized carbons (Fsp3) is 0.200. The van der Waals surface area contributed by atoms with Gasteiger partial charge in [-0.15, -0.1) is 0 Å². The first kappa shape index (κ1) is 21.0. The van der Waals surface area contributed by atoms with Crippen molar-refractivity contribution in [1.29, 1.82) is 0 Å². The van der Waals surface area contributed by atoms with Crippen LogP contribution in [0.1, 0.15) is 12.6 Å². The zero-order valence-electron chi connectivity index (χ0n) is 16.2. The molecule has 1 aromatic heterocycles. The van der Waals surface area contributed by atoms with Crippen molar-refractivity contribution in [2.75, 3.05) is 12.4 Å². The van der Waals surface area contributed by atoms with E-state index in [4.69, 9.17) is 4.74 Å². The van der Waals surface area contributed by atoms with Crippen molar-refractivity contribution in [2.45, 2.75) is 24.8 Å². The molecular formula is C20H21N3O4S2. The molecule has 152 valence electrons. The van der Waals surface area contributed by atoms with Crippen LogP contribution in [0.2, 0.25) is 0 Å². The van der Waals surface area contributed by atoms with Crippen LogP contribution in [-0.4, -0.2) is 32.5 Å². The highest BCUT2D eigenvalue weighted by molar-refractivity contribution is 7.89.